The lowest BCUT2D eigenvalue weighted by atomic mass is 9.92. The van der Waals surface area contributed by atoms with Crippen LogP contribution in [0.25, 0.3) is 0 Å². The molecule has 4 heteroatoms. The molecule has 0 aromatic heterocycles. The molecule has 0 radical (unpaired) electrons. The monoisotopic (exact) mass is 204 g/mol. The Morgan fingerprint density at radius 2 is 2.27 bits per heavy atom. The van der Waals surface area contributed by atoms with Gasteiger partial charge in [0.1, 0.15) is 5.75 Å². The van der Waals surface area contributed by atoms with Crippen molar-refractivity contribution >= 4 is 6.03 Å². The Morgan fingerprint density at radius 3 is 3.13 bits per heavy atom. The van der Waals surface area contributed by atoms with Crippen molar-refractivity contribution in [2.24, 2.45) is 0 Å². The van der Waals surface area contributed by atoms with Crippen molar-refractivity contribution in [3.63, 3.8) is 0 Å². The zero-order chi connectivity index (χ0) is 10.5. The molecule has 0 aliphatic carbocycles. The van der Waals surface area contributed by atoms with Crippen LogP contribution in [0.5, 0.6) is 5.75 Å². The molecular formula is C11H12N2O2. The number of amides is 2. The third kappa shape index (κ3) is 1.25. The highest BCUT2D eigenvalue weighted by Gasteiger charge is 2.42. The second-order valence-electron chi connectivity index (χ2n) is 4.23. The molecule has 2 heterocycles. The third-order valence-electron chi connectivity index (χ3n) is 2.91. The third-order valence-corrected chi connectivity index (χ3v) is 2.91. The SMILES string of the molecule is C[C@]12C[C@H](NC(=O)N1)c1ccccc1O2. The maximum Gasteiger partial charge on any atom is 0.318 e. The number of hydrogen-bond acceptors (Lipinski definition) is 2. The fraction of sp³-hybridized carbons (Fsp3) is 0.364. The van der Waals surface area contributed by atoms with E-state index in [-0.39, 0.29) is 12.1 Å². The predicted molar refractivity (Wildman–Crippen MR) is 54.5 cm³/mol. The number of benzene rings is 1. The van der Waals surface area contributed by atoms with E-state index in [2.05, 4.69) is 10.6 Å². The van der Waals surface area contributed by atoms with Crippen molar-refractivity contribution in [3.8, 4) is 5.75 Å². The van der Waals surface area contributed by atoms with Crippen molar-refractivity contribution in [3.05, 3.63) is 29.8 Å². The average Bonchev–Trinajstić information content (AvgIpc) is 2.15. The van der Waals surface area contributed by atoms with E-state index < -0.39 is 5.72 Å². The smallest absolute Gasteiger partial charge is 0.318 e. The van der Waals surface area contributed by atoms with Gasteiger partial charge in [-0.15, -0.1) is 0 Å². The Balaban J connectivity index is 2.10. The molecule has 4 nitrogen and oxygen atoms in total. The van der Waals surface area contributed by atoms with Gasteiger partial charge >= 0.3 is 6.03 Å². The minimum Gasteiger partial charge on any atom is -0.468 e. The number of carbonyl (C=O) groups excluding carboxylic acids is 1. The van der Waals surface area contributed by atoms with Gasteiger partial charge in [0.15, 0.2) is 5.72 Å². The first kappa shape index (κ1) is 8.59. The Kier molecular flexibility index (Phi) is 1.52. The van der Waals surface area contributed by atoms with Crippen LogP contribution in [0, 0.1) is 0 Å². The Morgan fingerprint density at radius 1 is 1.47 bits per heavy atom. The van der Waals surface area contributed by atoms with E-state index in [9.17, 15) is 4.79 Å². The Hall–Kier alpha value is -1.71. The first-order valence-corrected chi connectivity index (χ1v) is 5.03. The van der Waals surface area contributed by atoms with Crippen LogP contribution in [0.4, 0.5) is 4.79 Å². The molecule has 1 fully saturated rings. The quantitative estimate of drug-likeness (QED) is 0.673. The van der Waals surface area contributed by atoms with Crippen LogP contribution in [0.15, 0.2) is 24.3 Å². The Labute approximate surface area is 87.6 Å². The lowest BCUT2D eigenvalue weighted by molar-refractivity contribution is 0.0119. The highest BCUT2D eigenvalue weighted by Crippen LogP contribution is 2.39. The molecule has 15 heavy (non-hydrogen) atoms. The van der Waals surface area contributed by atoms with Gasteiger partial charge in [-0.3, -0.25) is 0 Å². The highest BCUT2D eigenvalue weighted by molar-refractivity contribution is 5.77. The first-order chi connectivity index (χ1) is 7.16. The molecule has 2 aliphatic rings. The van der Waals surface area contributed by atoms with Gasteiger partial charge in [-0.25, -0.2) is 4.79 Å². The van der Waals surface area contributed by atoms with Crippen molar-refractivity contribution in [1.29, 1.82) is 0 Å². The molecule has 2 atom stereocenters. The molecule has 0 saturated carbocycles. The first-order valence-electron chi connectivity index (χ1n) is 5.03. The van der Waals surface area contributed by atoms with Gasteiger partial charge in [-0.1, -0.05) is 18.2 Å². The summed E-state index contributed by atoms with van der Waals surface area (Å²) in [7, 11) is 0. The average molecular weight is 204 g/mol. The molecule has 2 amide bonds. The lowest BCUT2D eigenvalue weighted by Crippen LogP contribution is -2.62. The predicted octanol–water partition coefficient (Wildman–Crippen LogP) is 1.54. The second-order valence-corrected chi connectivity index (χ2v) is 4.23. The van der Waals surface area contributed by atoms with Gasteiger partial charge in [0.2, 0.25) is 0 Å². The summed E-state index contributed by atoms with van der Waals surface area (Å²) in [5.74, 6) is 0.851. The van der Waals surface area contributed by atoms with E-state index in [4.69, 9.17) is 4.74 Å². The topological polar surface area (TPSA) is 50.4 Å². The molecular weight excluding hydrogens is 192 g/mol. The van der Waals surface area contributed by atoms with Gasteiger partial charge in [0.25, 0.3) is 0 Å². The van der Waals surface area contributed by atoms with Crippen molar-refractivity contribution in [1.82, 2.24) is 10.6 Å². The van der Waals surface area contributed by atoms with Gasteiger partial charge in [0, 0.05) is 12.0 Å². The van der Waals surface area contributed by atoms with E-state index in [1.165, 1.54) is 0 Å². The zero-order valence-electron chi connectivity index (χ0n) is 8.41. The number of para-hydroxylation sites is 1. The van der Waals surface area contributed by atoms with Crippen LogP contribution in [0.3, 0.4) is 0 Å². The van der Waals surface area contributed by atoms with Crippen LogP contribution in [-0.4, -0.2) is 11.8 Å². The fourth-order valence-corrected chi connectivity index (χ4v) is 2.29. The number of nitrogens with one attached hydrogen (secondary N) is 2. The number of hydrogen-bond donors (Lipinski definition) is 2. The molecule has 1 saturated heterocycles. The van der Waals surface area contributed by atoms with Gasteiger partial charge in [0.05, 0.1) is 6.04 Å². The van der Waals surface area contributed by atoms with E-state index in [1.807, 2.05) is 31.2 Å². The van der Waals surface area contributed by atoms with Crippen molar-refractivity contribution in [2.75, 3.05) is 0 Å². The maximum atomic E-state index is 11.4. The van der Waals surface area contributed by atoms with Crippen LogP contribution in [0.1, 0.15) is 24.9 Å². The zero-order valence-corrected chi connectivity index (χ0v) is 8.41. The summed E-state index contributed by atoms with van der Waals surface area (Å²) in [5.41, 5.74) is 0.492. The summed E-state index contributed by atoms with van der Waals surface area (Å²) in [6.07, 6.45) is 0.760. The summed E-state index contributed by atoms with van der Waals surface area (Å²) in [5, 5.41) is 5.69. The lowest BCUT2D eigenvalue weighted by Gasteiger charge is -2.44. The number of rotatable bonds is 0. The summed E-state index contributed by atoms with van der Waals surface area (Å²) in [6, 6.07) is 7.71. The molecule has 1 aromatic rings. The highest BCUT2D eigenvalue weighted by atomic mass is 16.5. The molecule has 2 N–H and O–H groups in total. The summed E-state index contributed by atoms with van der Waals surface area (Å²) in [6.45, 7) is 1.90. The normalized spacial score (nSPS) is 32.1. The number of fused-ring (bicyclic) bond motifs is 4. The summed E-state index contributed by atoms with van der Waals surface area (Å²) < 4.78 is 5.79. The molecule has 2 aliphatic heterocycles. The number of ether oxygens (including phenoxy) is 1. The van der Waals surface area contributed by atoms with Gasteiger partial charge in [-0.05, 0) is 13.0 Å². The van der Waals surface area contributed by atoms with Crippen LogP contribution < -0.4 is 15.4 Å². The summed E-state index contributed by atoms with van der Waals surface area (Å²) in [4.78, 5) is 11.4. The fourth-order valence-electron chi connectivity index (χ4n) is 2.29. The Bertz CT molecular complexity index is 432. The molecule has 0 unspecified atom stereocenters. The summed E-state index contributed by atoms with van der Waals surface area (Å²) >= 11 is 0. The number of urea groups is 1. The van der Waals surface area contributed by atoms with Crippen LogP contribution >= 0.6 is 0 Å². The van der Waals surface area contributed by atoms with Gasteiger partial charge < -0.3 is 15.4 Å². The number of carbonyl (C=O) groups is 1. The molecule has 78 valence electrons. The largest absolute Gasteiger partial charge is 0.468 e. The maximum absolute atomic E-state index is 11.4. The van der Waals surface area contributed by atoms with E-state index in [0.717, 1.165) is 17.7 Å². The van der Waals surface area contributed by atoms with E-state index in [1.54, 1.807) is 0 Å². The van der Waals surface area contributed by atoms with Gasteiger partial charge in [-0.2, -0.15) is 0 Å². The molecule has 3 rings (SSSR count). The second kappa shape index (κ2) is 2.66. The van der Waals surface area contributed by atoms with E-state index >= 15 is 0 Å². The molecule has 2 bridgehead atoms. The molecule has 1 aromatic carbocycles. The van der Waals surface area contributed by atoms with Crippen LogP contribution in [0.2, 0.25) is 0 Å². The van der Waals surface area contributed by atoms with Crippen molar-refractivity contribution < 1.29 is 9.53 Å². The van der Waals surface area contributed by atoms with Crippen molar-refractivity contribution in [2.45, 2.75) is 25.1 Å². The minimum absolute atomic E-state index is 0.0636. The minimum atomic E-state index is -0.568. The molecule has 0 spiro atoms. The van der Waals surface area contributed by atoms with Crippen LogP contribution in [-0.2, 0) is 0 Å². The van der Waals surface area contributed by atoms with E-state index in [0.29, 0.717) is 0 Å². The standard InChI is InChI=1S/C11H12N2O2/c1-11-6-8(12-10(14)13-11)7-4-2-3-5-9(7)15-11/h2-5,8H,6H2,1H3,(H2,12,13,14)/t8-,11-/m0/s1.